The van der Waals surface area contributed by atoms with Gasteiger partial charge in [0.05, 0.1) is 0 Å². The monoisotopic (exact) mass is 298 g/mol. The third-order valence-corrected chi connectivity index (χ3v) is 4.72. The molecule has 0 fully saturated rings. The first-order chi connectivity index (χ1) is 10.1. The molecule has 0 spiro atoms. The Labute approximate surface area is 127 Å². The van der Waals surface area contributed by atoms with Crippen LogP contribution < -0.4 is 0 Å². The van der Waals surface area contributed by atoms with Crippen LogP contribution in [0.2, 0.25) is 0 Å². The minimum Gasteiger partial charge on any atom is -0.227 e. The van der Waals surface area contributed by atoms with E-state index >= 15 is 0 Å². The smallest absolute Gasteiger partial charge is 0.175 e. The fourth-order valence-corrected chi connectivity index (χ4v) is 2.99. The third kappa shape index (κ3) is 6.22. The number of hydrogen-bond donors (Lipinski definition) is 0. The van der Waals surface area contributed by atoms with E-state index in [1.165, 1.54) is 0 Å². The van der Waals surface area contributed by atoms with Gasteiger partial charge in [-0.15, -0.1) is 18.8 Å². The highest BCUT2D eigenvalue weighted by Gasteiger charge is 2.21. The molecule has 1 atom stereocenters. The molecule has 1 aromatic carbocycles. The quantitative estimate of drug-likeness (QED) is 0.598. The molecular formula is C18H18O2S. The van der Waals surface area contributed by atoms with Gasteiger partial charge in [0.1, 0.15) is 11.0 Å². The number of rotatable bonds is 6. The summed E-state index contributed by atoms with van der Waals surface area (Å²) in [7, 11) is -3.39. The fourth-order valence-electron chi connectivity index (χ4n) is 1.78. The van der Waals surface area contributed by atoms with Crippen molar-refractivity contribution in [1.29, 1.82) is 0 Å². The van der Waals surface area contributed by atoms with Crippen LogP contribution in [0, 0.1) is 36.5 Å². The highest BCUT2D eigenvalue weighted by atomic mass is 32.2. The van der Waals surface area contributed by atoms with E-state index in [1.807, 2.05) is 30.3 Å². The molecule has 1 rings (SSSR count). The molecular weight excluding hydrogens is 280 g/mol. The van der Waals surface area contributed by atoms with Gasteiger partial charge in [-0.2, -0.15) is 0 Å². The van der Waals surface area contributed by atoms with Gasteiger partial charge in [0, 0.05) is 12.0 Å². The maximum absolute atomic E-state index is 12.1. The molecule has 1 unspecified atom stereocenters. The Bertz CT molecular complexity index is 677. The molecule has 0 bridgehead atoms. The normalized spacial score (nSPS) is 11.5. The van der Waals surface area contributed by atoms with E-state index in [-0.39, 0.29) is 5.75 Å². The molecule has 21 heavy (non-hydrogen) atoms. The number of terminal acetylenes is 2. The molecule has 0 radical (unpaired) electrons. The molecule has 0 aliphatic carbocycles. The minimum absolute atomic E-state index is 0.216. The van der Waals surface area contributed by atoms with Gasteiger partial charge in [-0.25, -0.2) is 8.42 Å². The average molecular weight is 298 g/mol. The van der Waals surface area contributed by atoms with Crippen molar-refractivity contribution in [3.63, 3.8) is 0 Å². The van der Waals surface area contributed by atoms with E-state index in [1.54, 1.807) is 0 Å². The Kier molecular flexibility index (Phi) is 7.17. The van der Waals surface area contributed by atoms with Crippen LogP contribution in [0.3, 0.4) is 0 Å². The van der Waals surface area contributed by atoms with E-state index < -0.39 is 15.1 Å². The second kappa shape index (κ2) is 8.91. The fraction of sp³-hybridized carbons (Fsp3) is 0.333. The molecule has 0 heterocycles. The Morgan fingerprint density at radius 1 is 1.10 bits per heavy atom. The molecule has 0 aromatic heterocycles. The SMILES string of the molecule is C#CCCCCC(C#C)S(=O)(=O)CC#Cc1ccccc1. The van der Waals surface area contributed by atoms with Gasteiger partial charge < -0.3 is 0 Å². The maximum atomic E-state index is 12.1. The van der Waals surface area contributed by atoms with Crippen molar-refractivity contribution < 1.29 is 8.42 Å². The van der Waals surface area contributed by atoms with Crippen molar-refractivity contribution in [3.05, 3.63) is 35.9 Å². The molecule has 108 valence electrons. The van der Waals surface area contributed by atoms with Crippen LogP contribution in [0.1, 0.15) is 31.2 Å². The van der Waals surface area contributed by atoms with Crippen molar-refractivity contribution in [2.45, 2.75) is 30.9 Å². The van der Waals surface area contributed by atoms with E-state index in [0.29, 0.717) is 19.3 Å². The van der Waals surface area contributed by atoms with Crippen molar-refractivity contribution in [2.75, 3.05) is 5.75 Å². The zero-order valence-corrected chi connectivity index (χ0v) is 12.7. The highest BCUT2D eigenvalue weighted by Crippen LogP contribution is 2.11. The van der Waals surface area contributed by atoms with Crippen molar-refractivity contribution >= 4 is 9.84 Å². The van der Waals surface area contributed by atoms with E-state index in [0.717, 1.165) is 12.0 Å². The van der Waals surface area contributed by atoms with Crippen molar-refractivity contribution in [2.24, 2.45) is 0 Å². The number of sulfone groups is 1. The summed E-state index contributed by atoms with van der Waals surface area (Å²) in [5.41, 5.74) is 0.791. The molecule has 0 aliphatic heterocycles. The molecule has 1 aromatic rings. The van der Waals surface area contributed by atoms with Gasteiger partial charge in [0.2, 0.25) is 0 Å². The van der Waals surface area contributed by atoms with Crippen LogP contribution in [0.25, 0.3) is 0 Å². The van der Waals surface area contributed by atoms with Crippen molar-refractivity contribution in [1.82, 2.24) is 0 Å². The summed E-state index contributed by atoms with van der Waals surface area (Å²) < 4.78 is 24.3. The summed E-state index contributed by atoms with van der Waals surface area (Å²) in [4.78, 5) is 0. The molecule has 0 N–H and O–H groups in total. The topological polar surface area (TPSA) is 34.1 Å². The molecule has 0 amide bonds. The lowest BCUT2D eigenvalue weighted by Gasteiger charge is -2.09. The first kappa shape index (κ1) is 16.9. The number of hydrogen-bond acceptors (Lipinski definition) is 2. The van der Waals surface area contributed by atoms with Gasteiger partial charge >= 0.3 is 0 Å². The molecule has 0 saturated heterocycles. The van der Waals surface area contributed by atoms with Crippen LogP contribution in [-0.2, 0) is 9.84 Å². The first-order valence-electron chi connectivity index (χ1n) is 6.75. The Morgan fingerprint density at radius 3 is 2.43 bits per heavy atom. The first-order valence-corrected chi connectivity index (χ1v) is 8.47. The zero-order chi connectivity index (χ0) is 15.6. The predicted molar refractivity (Wildman–Crippen MR) is 87.0 cm³/mol. The van der Waals surface area contributed by atoms with E-state index in [2.05, 4.69) is 23.7 Å². The average Bonchev–Trinajstić information content (AvgIpc) is 2.48. The molecule has 0 aliphatic rings. The Hall–Kier alpha value is -2.15. The van der Waals surface area contributed by atoms with E-state index in [9.17, 15) is 8.42 Å². The number of unbranched alkanes of at least 4 members (excludes halogenated alkanes) is 2. The molecule has 2 nitrogen and oxygen atoms in total. The Balaban J connectivity index is 2.61. The summed E-state index contributed by atoms with van der Waals surface area (Å²) in [5.74, 6) is 10.2. The second-order valence-electron chi connectivity index (χ2n) is 4.58. The maximum Gasteiger partial charge on any atom is 0.175 e. The lowest BCUT2D eigenvalue weighted by molar-refractivity contribution is 0.583. The van der Waals surface area contributed by atoms with Gasteiger partial charge in [-0.3, -0.25) is 0 Å². The van der Waals surface area contributed by atoms with Gasteiger partial charge in [0.25, 0.3) is 0 Å². The summed E-state index contributed by atoms with van der Waals surface area (Å²) in [5, 5.41) is -0.777. The molecule has 0 saturated carbocycles. The number of benzene rings is 1. The van der Waals surface area contributed by atoms with Gasteiger partial charge in [-0.05, 0) is 25.0 Å². The van der Waals surface area contributed by atoms with Crippen molar-refractivity contribution in [3.8, 4) is 36.5 Å². The van der Waals surface area contributed by atoms with Gasteiger partial charge in [-0.1, -0.05) is 42.4 Å². The minimum atomic E-state index is -3.39. The summed E-state index contributed by atoms with van der Waals surface area (Å²) in [6.07, 6.45) is 13.1. The second-order valence-corrected chi connectivity index (χ2v) is 6.76. The van der Waals surface area contributed by atoms with Crippen LogP contribution in [0.5, 0.6) is 0 Å². The zero-order valence-electron chi connectivity index (χ0n) is 11.9. The Morgan fingerprint density at radius 2 is 1.81 bits per heavy atom. The standard InChI is InChI=1S/C18H18O2S/c1-3-5-6-10-15-18(4-2)21(19,20)16-11-14-17-12-8-7-9-13-17/h1-2,7-9,12-13,18H,5-6,10,15-16H2. The van der Waals surface area contributed by atoms with E-state index in [4.69, 9.17) is 12.8 Å². The molecule has 3 heteroatoms. The van der Waals surface area contributed by atoms with Gasteiger partial charge in [0.15, 0.2) is 9.84 Å². The van der Waals surface area contributed by atoms with Crippen LogP contribution in [0.4, 0.5) is 0 Å². The predicted octanol–water partition coefficient (Wildman–Crippen LogP) is 2.65. The summed E-state index contributed by atoms with van der Waals surface area (Å²) in [6, 6.07) is 9.26. The lowest BCUT2D eigenvalue weighted by Crippen LogP contribution is -2.22. The summed E-state index contributed by atoms with van der Waals surface area (Å²) >= 11 is 0. The third-order valence-electron chi connectivity index (χ3n) is 2.94. The lowest BCUT2D eigenvalue weighted by atomic mass is 10.1. The largest absolute Gasteiger partial charge is 0.227 e. The van der Waals surface area contributed by atoms with Crippen LogP contribution in [-0.4, -0.2) is 19.4 Å². The highest BCUT2D eigenvalue weighted by molar-refractivity contribution is 7.92. The van der Waals surface area contributed by atoms with Crippen LogP contribution >= 0.6 is 0 Å². The van der Waals surface area contributed by atoms with Crippen LogP contribution in [0.15, 0.2) is 30.3 Å². The summed E-state index contributed by atoms with van der Waals surface area (Å²) in [6.45, 7) is 0.